The zero-order valence-electron chi connectivity index (χ0n) is 16.1. The average Bonchev–Trinajstić information content (AvgIpc) is 3.11. The number of aryl methyl sites for hydroxylation is 2. The van der Waals surface area contributed by atoms with Gasteiger partial charge in [0.1, 0.15) is 0 Å². The summed E-state index contributed by atoms with van der Waals surface area (Å²) >= 11 is 0.838. The first kappa shape index (κ1) is 19.6. The molecule has 0 N–H and O–H groups in total. The number of nitrogens with zero attached hydrogens (tertiary/aromatic N) is 4. The molecule has 2 amide bonds. The van der Waals surface area contributed by atoms with Gasteiger partial charge < -0.3 is 0 Å². The van der Waals surface area contributed by atoms with Crippen LogP contribution in [0.5, 0.6) is 0 Å². The van der Waals surface area contributed by atoms with E-state index in [-0.39, 0.29) is 22.8 Å². The van der Waals surface area contributed by atoms with E-state index in [0.29, 0.717) is 11.1 Å². The van der Waals surface area contributed by atoms with Crippen molar-refractivity contribution >= 4 is 45.7 Å². The van der Waals surface area contributed by atoms with Crippen LogP contribution in [0.15, 0.2) is 52.2 Å². The Morgan fingerprint density at radius 2 is 1.67 bits per heavy atom. The van der Waals surface area contributed by atoms with Crippen LogP contribution in [0.4, 0.5) is 10.5 Å². The molecule has 3 aromatic rings. The Hall–Kier alpha value is -3.66. The number of amides is 2. The number of rotatable bonds is 4. The van der Waals surface area contributed by atoms with Gasteiger partial charge in [-0.2, -0.15) is 0 Å². The number of imidazole rings is 1. The average molecular weight is 424 g/mol. The summed E-state index contributed by atoms with van der Waals surface area (Å²) < 4.78 is 3.06. The Kier molecular flexibility index (Phi) is 4.78. The fourth-order valence-corrected chi connectivity index (χ4v) is 4.15. The molecule has 1 saturated heterocycles. The Labute approximate surface area is 174 Å². The van der Waals surface area contributed by atoms with Crippen LogP contribution in [0.3, 0.4) is 0 Å². The Morgan fingerprint density at radius 3 is 2.33 bits per heavy atom. The van der Waals surface area contributed by atoms with Crippen LogP contribution < -0.4 is 5.69 Å². The number of hydrogen-bond acceptors (Lipinski definition) is 6. The minimum Gasteiger partial charge on any atom is -0.295 e. The summed E-state index contributed by atoms with van der Waals surface area (Å²) in [6.45, 7) is 0.0340. The molecule has 0 atom stereocenters. The number of thioether (sulfide) groups is 1. The molecule has 9 nitrogen and oxygen atoms in total. The second-order valence-corrected chi connectivity index (χ2v) is 7.83. The van der Waals surface area contributed by atoms with Crippen molar-refractivity contribution in [2.45, 2.75) is 6.54 Å². The lowest BCUT2D eigenvalue weighted by Crippen LogP contribution is -2.27. The summed E-state index contributed by atoms with van der Waals surface area (Å²) in [5.41, 5.74) is 2.60. The van der Waals surface area contributed by atoms with Gasteiger partial charge in [-0.05, 0) is 41.1 Å². The summed E-state index contributed by atoms with van der Waals surface area (Å²) in [6.07, 6.45) is 1.62. The van der Waals surface area contributed by atoms with Gasteiger partial charge in [0.15, 0.2) is 0 Å². The Morgan fingerprint density at radius 1 is 1.00 bits per heavy atom. The number of carbonyl (C=O) groups is 2. The third-order valence-electron chi connectivity index (χ3n) is 4.96. The lowest BCUT2D eigenvalue weighted by Gasteiger charge is -2.12. The summed E-state index contributed by atoms with van der Waals surface area (Å²) in [5.74, 6) is -0.426. The van der Waals surface area contributed by atoms with Crippen molar-refractivity contribution in [2.24, 2.45) is 14.1 Å². The topological polar surface area (TPSA) is 107 Å². The molecule has 1 aliphatic rings. The van der Waals surface area contributed by atoms with Crippen molar-refractivity contribution in [3.05, 3.63) is 79.1 Å². The first-order valence-corrected chi connectivity index (χ1v) is 9.72. The van der Waals surface area contributed by atoms with E-state index in [1.165, 1.54) is 33.4 Å². The number of nitro benzene ring substituents is 1. The molecule has 1 aromatic heterocycles. The van der Waals surface area contributed by atoms with Crippen molar-refractivity contribution in [3.8, 4) is 0 Å². The molecule has 2 heterocycles. The third kappa shape index (κ3) is 3.30. The Bertz CT molecular complexity index is 1300. The quantitative estimate of drug-likeness (QED) is 0.362. The maximum absolute atomic E-state index is 12.7. The molecule has 0 aliphatic carbocycles. The van der Waals surface area contributed by atoms with Crippen molar-refractivity contribution in [1.29, 1.82) is 0 Å². The minimum atomic E-state index is -0.508. The highest BCUT2D eigenvalue weighted by molar-refractivity contribution is 8.18. The second kappa shape index (κ2) is 7.30. The van der Waals surface area contributed by atoms with E-state index in [4.69, 9.17) is 0 Å². The van der Waals surface area contributed by atoms with Gasteiger partial charge in [0.25, 0.3) is 16.8 Å². The smallest absolute Gasteiger partial charge is 0.295 e. The number of hydrogen-bond donors (Lipinski definition) is 0. The lowest BCUT2D eigenvalue weighted by molar-refractivity contribution is -0.384. The molecular weight excluding hydrogens is 408 g/mol. The summed E-state index contributed by atoms with van der Waals surface area (Å²) in [5, 5.41) is 10.4. The summed E-state index contributed by atoms with van der Waals surface area (Å²) in [4.78, 5) is 48.8. The third-order valence-corrected chi connectivity index (χ3v) is 5.86. The lowest BCUT2D eigenvalue weighted by atomic mass is 10.1. The molecule has 0 bridgehead atoms. The van der Waals surface area contributed by atoms with Crippen LogP contribution in [0, 0.1) is 10.1 Å². The van der Waals surface area contributed by atoms with E-state index in [2.05, 4.69) is 0 Å². The molecule has 0 saturated carbocycles. The number of imide groups is 1. The van der Waals surface area contributed by atoms with E-state index >= 15 is 0 Å². The van der Waals surface area contributed by atoms with Crippen molar-refractivity contribution in [1.82, 2.24) is 14.0 Å². The molecule has 30 heavy (non-hydrogen) atoms. The maximum Gasteiger partial charge on any atom is 0.328 e. The van der Waals surface area contributed by atoms with Crippen LogP contribution in [0.25, 0.3) is 17.1 Å². The highest BCUT2D eigenvalue weighted by Gasteiger charge is 2.35. The number of non-ortho nitro benzene ring substituents is 1. The second-order valence-electron chi connectivity index (χ2n) is 6.84. The van der Waals surface area contributed by atoms with E-state index in [0.717, 1.165) is 27.7 Å². The minimum absolute atomic E-state index is 0.0340. The molecular formula is C20H16N4O5S. The molecule has 1 fully saturated rings. The van der Waals surface area contributed by atoms with Crippen molar-refractivity contribution < 1.29 is 14.5 Å². The fourth-order valence-electron chi connectivity index (χ4n) is 3.31. The predicted molar refractivity (Wildman–Crippen MR) is 113 cm³/mol. The van der Waals surface area contributed by atoms with Crippen LogP contribution in [0.1, 0.15) is 11.1 Å². The van der Waals surface area contributed by atoms with Gasteiger partial charge in [-0.1, -0.05) is 18.2 Å². The monoisotopic (exact) mass is 424 g/mol. The predicted octanol–water partition coefficient (Wildman–Crippen LogP) is 3.02. The van der Waals surface area contributed by atoms with Gasteiger partial charge in [-0.25, -0.2) is 4.79 Å². The zero-order valence-corrected chi connectivity index (χ0v) is 16.9. The van der Waals surface area contributed by atoms with Crippen molar-refractivity contribution in [2.75, 3.05) is 0 Å². The first-order valence-electron chi connectivity index (χ1n) is 8.90. The van der Waals surface area contributed by atoms with Crippen LogP contribution >= 0.6 is 11.8 Å². The van der Waals surface area contributed by atoms with E-state index in [1.54, 1.807) is 38.4 Å². The first-order chi connectivity index (χ1) is 14.3. The van der Waals surface area contributed by atoms with E-state index < -0.39 is 16.1 Å². The van der Waals surface area contributed by atoms with E-state index in [9.17, 15) is 24.5 Å². The number of benzene rings is 2. The van der Waals surface area contributed by atoms with Crippen LogP contribution in [-0.4, -0.2) is 30.1 Å². The standard InChI is InChI=1S/C20H16N4O5S/c1-21-15-8-5-13(9-16(15)22(2)19(21)26)10-17-18(25)23(20(27)30-17)11-12-3-6-14(7-4-12)24(28)29/h3-10H,11H2,1-2H3/b17-10+. The largest absolute Gasteiger partial charge is 0.328 e. The molecule has 1 aliphatic heterocycles. The molecule has 152 valence electrons. The van der Waals surface area contributed by atoms with Gasteiger partial charge in [0.05, 0.1) is 27.4 Å². The van der Waals surface area contributed by atoms with Crippen molar-refractivity contribution in [3.63, 3.8) is 0 Å². The molecule has 4 rings (SSSR count). The van der Waals surface area contributed by atoms with Crippen LogP contribution in [-0.2, 0) is 25.4 Å². The number of aromatic nitrogens is 2. The van der Waals surface area contributed by atoms with Gasteiger partial charge in [0, 0.05) is 26.2 Å². The zero-order chi connectivity index (χ0) is 21.6. The Balaban J connectivity index is 1.59. The van der Waals surface area contributed by atoms with Gasteiger partial charge >= 0.3 is 5.69 Å². The van der Waals surface area contributed by atoms with Gasteiger partial charge in [-0.3, -0.25) is 33.7 Å². The summed E-state index contributed by atoms with van der Waals surface area (Å²) in [6, 6.07) is 11.1. The SMILES string of the molecule is Cn1c(=O)n(C)c2cc(/C=C3/SC(=O)N(Cc4ccc([N+](=O)[O-])cc4)C3=O)ccc21. The van der Waals surface area contributed by atoms with E-state index in [1.807, 2.05) is 0 Å². The number of fused-ring (bicyclic) bond motifs is 1. The molecule has 0 radical (unpaired) electrons. The highest BCUT2D eigenvalue weighted by atomic mass is 32.2. The molecule has 0 unspecified atom stereocenters. The maximum atomic E-state index is 12.7. The van der Waals surface area contributed by atoms with Gasteiger partial charge in [0.2, 0.25) is 0 Å². The normalized spacial score (nSPS) is 15.5. The number of carbonyl (C=O) groups excluding carboxylic acids is 2. The summed E-state index contributed by atoms with van der Waals surface area (Å²) in [7, 11) is 3.36. The molecule has 0 spiro atoms. The highest BCUT2D eigenvalue weighted by Crippen LogP contribution is 2.33. The van der Waals surface area contributed by atoms with Gasteiger partial charge in [-0.15, -0.1) is 0 Å². The molecule has 10 heteroatoms. The fraction of sp³-hybridized carbons (Fsp3) is 0.150. The molecule has 2 aromatic carbocycles. The van der Waals surface area contributed by atoms with Crippen LogP contribution in [0.2, 0.25) is 0 Å². The number of nitro groups is 1.